The van der Waals surface area contributed by atoms with Gasteiger partial charge in [-0.05, 0) is 24.5 Å². The molecule has 2 aromatic heterocycles. The van der Waals surface area contributed by atoms with Crippen molar-refractivity contribution in [3.63, 3.8) is 0 Å². The minimum atomic E-state index is -0.412. The van der Waals surface area contributed by atoms with Gasteiger partial charge in [0.1, 0.15) is 5.25 Å². The van der Waals surface area contributed by atoms with Gasteiger partial charge in [-0.3, -0.25) is 9.36 Å². The van der Waals surface area contributed by atoms with Crippen molar-refractivity contribution in [3.05, 3.63) is 71.9 Å². The van der Waals surface area contributed by atoms with E-state index >= 15 is 0 Å². The summed E-state index contributed by atoms with van der Waals surface area (Å²) in [6, 6.07) is 18.3. The first-order chi connectivity index (χ1) is 16.3. The summed E-state index contributed by atoms with van der Waals surface area (Å²) in [6.07, 6.45) is 4.07. The Labute approximate surface area is 196 Å². The number of aromatic amines is 1. The van der Waals surface area contributed by atoms with E-state index in [0.717, 1.165) is 53.5 Å². The molecular weight excluding hydrogens is 434 g/mol. The number of rotatable bonds is 7. The molecule has 1 aliphatic heterocycles. The van der Waals surface area contributed by atoms with Gasteiger partial charge in [0.15, 0.2) is 10.9 Å². The monoisotopic (exact) mass is 459 g/mol. The Hall–Kier alpha value is -3.10. The van der Waals surface area contributed by atoms with E-state index in [-0.39, 0.29) is 5.78 Å². The van der Waals surface area contributed by atoms with Gasteiger partial charge in [-0.1, -0.05) is 60.3 Å². The summed E-state index contributed by atoms with van der Waals surface area (Å²) in [5, 5.41) is 10.5. The lowest BCUT2D eigenvalue weighted by Crippen LogP contribution is -2.38. The van der Waals surface area contributed by atoms with Crippen LogP contribution in [0.4, 0.5) is 5.95 Å². The van der Waals surface area contributed by atoms with E-state index in [9.17, 15) is 4.79 Å². The van der Waals surface area contributed by atoms with Crippen LogP contribution in [-0.2, 0) is 4.74 Å². The number of carbonyl (C=O) groups excluding carboxylic acids is 1. The fourth-order valence-corrected chi connectivity index (χ4v) is 5.57. The highest BCUT2D eigenvalue weighted by Gasteiger charge is 2.35. The molecule has 168 valence electrons. The number of aromatic nitrogens is 4. The van der Waals surface area contributed by atoms with E-state index in [1.807, 2.05) is 60.8 Å². The third-order valence-corrected chi connectivity index (χ3v) is 7.48. The molecule has 2 aliphatic rings. The van der Waals surface area contributed by atoms with E-state index < -0.39 is 5.25 Å². The Morgan fingerprint density at radius 2 is 1.79 bits per heavy atom. The molecule has 4 aromatic rings. The van der Waals surface area contributed by atoms with E-state index in [2.05, 4.69) is 24.6 Å². The largest absolute Gasteiger partial charge is 0.378 e. The first-order valence-electron chi connectivity index (χ1n) is 11.4. The van der Waals surface area contributed by atoms with Gasteiger partial charge in [-0.2, -0.15) is 0 Å². The van der Waals surface area contributed by atoms with Crippen LogP contribution in [-0.4, -0.2) is 51.8 Å². The van der Waals surface area contributed by atoms with Gasteiger partial charge in [0, 0.05) is 41.8 Å². The van der Waals surface area contributed by atoms with Gasteiger partial charge >= 0.3 is 0 Å². The van der Waals surface area contributed by atoms with Gasteiger partial charge in [-0.25, -0.2) is 0 Å². The SMILES string of the molecule is O=C(c1c[nH]c2ccccc12)C(Sc1nnc(N2CCOCC2)n1C1CC1)c1ccccc1. The van der Waals surface area contributed by atoms with Crippen LogP contribution in [0.25, 0.3) is 10.9 Å². The van der Waals surface area contributed by atoms with Gasteiger partial charge in [0.25, 0.3) is 0 Å². The number of hydrogen-bond donors (Lipinski definition) is 1. The van der Waals surface area contributed by atoms with Crippen LogP contribution < -0.4 is 4.90 Å². The Balaban J connectivity index is 1.38. The number of anilines is 1. The number of hydrogen-bond acceptors (Lipinski definition) is 6. The summed E-state index contributed by atoms with van der Waals surface area (Å²) >= 11 is 1.50. The molecule has 1 unspecified atom stereocenters. The van der Waals surface area contributed by atoms with Crippen LogP contribution in [0.15, 0.2) is 66.0 Å². The summed E-state index contributed by atoms with van der Waals surface area (Å²) in [6.45, 7) is 3.02. The Morgan fingerprint density at radius 3 is 2.58 bits per heavy atom. The molecular formula is C25H25N5O2S. The summed E-state index contributed by atoms with van der Waals surface area (Å²) in [5.41, 5.74) is 2.64. The van der Waals surface area contributed by atoms with Gasteiger partial charge < -0.3 is 14.6 Å². The van der Waals surface area contributed by atoms with E-state index in [0.29, 0.717) is 24.8 Å². The number of ether oxygens (including phenoxy) is 1. The van der Waals surface area contributed by atoms with E-state index in [1.165, 1.54) is 11.8 Å². The van der Waals surface area contributed by atoms with Crippen LogP contribution in [0.3, 0.4) is 0 Å². The molecule has 0 amide bonds. The third-order valence-electron chi connectivity index (χ3n) is 6.27. The van der Waals surface area contributed by atoms with E-state index in [1.54, 1.807) is 0 Å². The molecule has 0 spiro atoms. The average molecular weight is 460 g/mol. The number of benzene rings is 2. The fourth-order valence-electron chi connectivity index (χ4n) is 4.40. The second-order valence-corrected chi connectivity index (χ2v) is 9.58. The number of H-pyrrole nitrogens is 1. The second kappa shape index (κ2) is 8.68. The third kappa shape index (κ3) is 3.94. The zero-order valence-corrected chi connectivity index (χ0v) is 19.0. The zero-order valence-electron chi connectivity index (χ0n) is 18.2. The number of morpholine rings is 1. The van der Waals surface area contributed by atoms with Gasteiger partial charge in [0.2, 0.25) is 5.95 Å². The van der Waals surface area contributed by atoms with Crippen molar-refractivity contribution in [2.24, 2.45) is 0 Å². The number of carbonyl (C=O) groups is 1. The van der Waals surface area contributed by atoms with Crippen LogP contribution >= 0.6 is 11.8 Å². The standard InChI is InChI=1S/C25H25N5O2S/c31-22(20-16-26-21-9-5-4-8-19(20)21)23(17-6-2-1-3-7-17)33-25-28-27-24(30(25)18-10-11-18)29-12-14-32-15-13-29/h1-9,16,18,23,26H,10-15H2. The van der Waals surface area contributed by atoms with Crippen molar-refractivity contribution in [2.75, 3.05) is 31.2 Å². The lowest BCUT2D eigenvalue weighted by molar-refractivity contribution is 0.0991. The maximum atomic E-state index is 13.9. The smallest absolute Gasteiger partial charge is 0.228 e. The van der Waals surface area contributed by atoms with Crippen LogP contribution in [0.2, 0.25) is 0 Å². The van der Waals surface area contributed by atoms with Crippen molar-refractivity contribution in [1.82, 2.24) is 19.7 Å². The number of thioether (sulfide) groups is 1. The first-order valence-corrected chi connectivity index (χ1v) is 12.3. The summed E-state index contributed by atoms with van der Waals surface area (Å²) < 4.78 is 7.77. The van der Waals surface area contributed by atoms with Crippen molar-refractivity contribution < 1.29 is 9.53 Å². The molecule has 0 radical (unpaired) electrons. The molecule has 1 saturated carbocycles. The Kier molecular flexibility index (Phi) is 5.39. The summed E-state index contributed by atoms with van der Waals surface area (Å²) in [4.78, 5) is 19.4. The highest BCUT2D eigenvalue weighted by atomic mass is 32.2. The molecule has 1 N–H and O–H groups in total. The van der Waals surface area contributed by atoms with Crippen LogP contribution in [0, 0.1) is 0 Å². The zero-order chi connectivity index (χ0) is 22.2. The minimum Gasteiger partial charge on any atom is -0.378 e. The molecule has 8 heteroatoms. The number of fused-ring (bicyclic) bond motifs is 1. The quantitative estimate of drug-likeness (QED) is 0.320. The highest BCUT2D eigenvalue weighted by Crippen LogP contribution is 2.45. The first kappa shape index (κ1) is 20.5. The molecule has 6 rings (SSSR count). The van der Waals surface area contributed by atoms with Gasteiger partial charge in [-0.15, -0.1) is 10.2 Å². The van der Waals surface area contributed by atoms with Crippen LogP contribution in [0.1, 0.15) is 40.1 Å². The lowest BCUT2D eigenvalue weighted by Gasteiger charge is -2.28. The van der Waals surface area contributed by atoms with Crippen molar-refractivity contribution in [1.29, 1.82) is 0 Å². The molecule has 7 nitrogen and oxygen atoms in total. The maximum Gasteiger partial charge on any atom is 0.228 e. The summed E-state index contributed by atoms with van der Waals surface area (Å²) in [5.74, 6) is 0.969. The molecule has 3 heterocycles. The van der Waals surface area contributed by atoms with Crippen molar-refractivity contribution in [2.45, 2.75) is 29.3 Å². The van der Waals surface area contributed by atoms with Gasteiger partial charge in [0.05, 0.1) is 13.2 Å². The fraction of sp³-hybridized carbons (Fsp3) is 0.320. The topological polar surface area (TPSA) is 76.0 Å². The minimum absolute atomic E-state index is 0.0712. The van der Waals surface area contributed by atoms with Crippen LogP contribution in [0.5, 0.6) is 0 Å². The lowest BCUT2D eigenvalue weighted by atomic mass is 10.0. The number of nitrogens with zero attached hydrogens (tertiary/aromatic N) is 4. The maximum absolute atomic E-state index is 13.9. The molecule has 1 aliphatic carbocycles. The summed E-state index contributed by atoms with van der Waals surface area (Å²) in [7, 11) is 0. The molecule has 2 aromatic carbocycles. The number of Topliss-reactive ketones (excluding diaryl/α,β-unsaturated/α-hetero) is 1. The molecule has 2 fully saturated rings. The average Bonchev–Trinajstić information content (AvgIpc) is 3.48. The Morgan fingerprint density at radius 1 is 1.03 bits per heavy atom. The van der Waals surface area contributed by atoms with Crippen molar-refractivity contribution >= 4 is 34.4 Å². The van der Waals surface area contributed by atoms with E-state index in [4.69, 9.17) is 4.74 Å². The molecule has 0 bridgehead atoms. The molecule has 1 atom stereocenters. The second-order valence-electron chi connectivity index (χ2n) is 8.50. The highest BCUT2D eigenvalue weighted by molar-refractivity contribution is 8.00. The van der Waals surface area contributed by atoms with Crippen molar-refractivity contribution in [3.8, 4) is 0 Å². The normalized spacial score (nSPS) is 17.4. The predicted molar refractivity (Wildman–Crippen MR) is 129 cm³/mol. The number of ketones is 1. The predicted octanol–water partition coefficient (Wildman–Crippen LogP) is 4.65. The number of para-hydroxylation sites is 1. The molecule has 33 heavy (non-hydrogen) atoms. The Bertz CT molecular complexity index is 1270. The number of nitrogens with one attached hydrogen (secondary N) is 1. The molecule has 1 saturated heterocycles.